The molecule has 0 saturated heterocycles. The van der Waals surface area contributed by atoms with Crippen molar-refractivity contribution in [1.29, 1.82) is 0 Å². The van der Waals surface area contributed by atoms with Crippen molar-refractivity contribution in [3.63, 3.8) is 0 Å². The van der Waals surface area contributed by atoms with E-state index < -0.39 is 6.10 Å². The molecular weight excluding hydrogens is 841 g/mol. The van der Waals surface area contributed by atoms with Crippen molar-refractivity contribution in [2.75, 3.05) is 13.2 Å². The maximum Gasteiger partial charge on any atom is 0.306 e. The first kappa shape index (κ1) is 63.0. The average molecular weight is 935 g/mol. The lowest BCUT2D eigenvalue weighted by Crippen LogP contribution is -2.30. The van der Waals surface area contributed by atoms with E-state index >= 15 is 0 Å². The fourth-order valence-electron chi connectivity index (χ4n) is 6.51. The van der Waals surface area contributed by atoms with Gasteiger partial charge in [0.15, 0.2) is 6.10 Å². The van der Waals surface area contributed by atoms with Crippen LogP contribution in [0.5, 0.6) is 0 Å². The molecule has 0 N–H and O–H groups in total. The first-order valence-electron chi connectivity index (χ1n) is 26.6. The van der Waals surface area contributed by atoms with E-state index in [9.17, 15) is 14.4 Å². The number of carbonyl (C=O) groups is 3. The lowest BCUT2D eigenvalue weighted by Gasteiger charge is -2.18. The van der Waals surface area contributed by atoms with Crippen LogP contribution in [0.4, 0.5) is 0 Å². The third-order valence-corrected chi connectivity index (χ3v) is 10.4. The fourth-order valence-corrected chi connectivity index (χ4v) is 6.51. The average Bonchev–Trinajstić information content (AvgIpc) is 3.34. The highest BCUT2D eigenvalue weighted by Gasteiger charge is 2.19. The molecule has 0 heterocycles. The minimum Gasteiger partial charge on any atom is -0.462 e. The topological polar surface area (TPSA) is 78.9 Å². The molecule has 68 heavy (non-hydrogen) atoms. The summed E-state index contributed by atoms with van der Waals surface area (Å²) in [5, 5.41) is 0. The van der Waals surface area contributed by atoms with Crippen molar-refractivity contribution in [1.82, 2.24) is 0 Å². The van der Waals surface area contributed by atoms with Crippen LogP contribution in [0.2, 0.25) is 0 Å². The van der Waals surface area contributed by atoms with Gasteiger partial charge in [-0.05, 0) is 96.3 Å². The van der Waals surface area contributed by atoms with Crippen LogP contribution in [-0.2, 0) is 28.6 Å². The summed E-state index contributed by atoms with van der Waals surface area (Å²) in [5.41, 5.74) is 0. The molecule has 0 rings (SSSR count). The summed E-state index contributed by atoms with van der Waals surface area (Å²) in [7, 11) is 0. The van der Waals surface area contributed by atoms with E-state index in [1.165, 1.54) is 25.7 Å². The van der Waals surface area contributed by atoms with Crippen molar-refractivity contribution >= 4 is 17.9 Å². The van der Waals surface area contributed by atoms with E-state index in [0.717, 1.165) is 122 Å². The number of ether oxygens (including phenoxy) is 3. The quantitative estimate of drug-likeness (QED) is 0.0199. The van der Waals surface area contributed by atoms with Gasteiger partial charge in [0, 0.05) is 19.3 Å². The summed E-state index contributed by atoms with van der Waals surface area (Å²) in [4.78, 5) is 38.1. The van der Waals surface area contributed by atoms with E-state index in [1.807, 2.05) is 36.5 Å². The summed E-state index contributed by atoms with van der Waals surface area (Å²) in [6, 6.07) is 0. The van der Waals surface area contributed by atoms with Crippen LogP contribution in [0, 0.1) is 0 Å². The Balaban J connectivity index is 4.60. The molecule has 1 atom stereocenters. The molecule has 0 aromatic carbocycles. The van der Waals surface area contributed by atoms with E-state index in [-0.39, 0.29) is 37.5 Å². The van der Waals surface area contributed by atoms with Crippen LogP contribution in [-0.4, -0.2) is 37.2 Å². The van der Waals surface area contributed by atoms with E-state index in [0.29, 0.717) is 19.3 Å². The number of rotatable bonds is 45. The molecule has 1 unspecified atom stereocenters. The molecule has 0 spiro atoms. The standard InChI is InChI=1S/C62H94O6/c1-4-7-10-13-16-19-22-25-28-30-32-34-37-40-43-46-49-52-55-61(64)67-58-59(57-66-60(63)54-51-48-45-42-39-36-33-27-24-21-18-15-12-9-6-3)68-62(65)56-53-50-47-44-41-38-35-31-29-26-23-20-17-14-11-8-5-2/h8-13,15-22,24-26,28-30,32,34-35,38,44,47,59H,4-7,14,23,27,31,33,36-37,39-43,45-46,48-58H2,1-3H3/b11-8-,12-9-,13-10-,18-15-,19-16-,20-17-,24-21-,25-22-,29-26-,30-28-,34-32-,38-35-,47-44-. The van der Waals surface area contributed by atoms with Crippen molar-refractivity contribution < 1.29 is 28.6 Å². The smallest absolute Gasteiger partial charge is 0.306 e. The molecule has 0 aliphatic heterocycles. The van der Waals surface area contributed by atoms with Gasteiger partial charge in [-0.25, -0.2) is 0 Å². The zero-order chi connectivity index (χ0) is 49.3. The first-order valence-corrected chi connectivity index (χ1v) is 26.6. The SMILES string of the molecule is CC\C=C/C=C\C=C/CCCCCCCCCC(=O)OCC(COC(=O)CCCCCCC\C=C/C=C\C=C/C=C\C=C/CCC)OC(=O)CCC/C=C\C/C=C\C/C=C\C/C=C\C/C=C\CC. The molecular formula is C62H94O6. The molecule has 0 fully saturated rings. The highest BCUT2D eigenvalue weighted by molar-refractivity contribution is 5.71. The van der Waals surface area contributed by atoms with Gasteiger partial charge in [-0.1, -0.05) is 237 Å². The maximum absolute atomic E-state index is 12.8. The van der Waals surface area contributed by atoms with Gasteiger partial charge in [0.2, 0.25) is 0 Å². The maximum atomic E-state index is 12.8. The van der Waals surface area contributed by atoms with E-state index in [1.54, 1.807) is 0 Å². The number of hydrogen-bond acceptors (Lipinski definition) is 6. The fraction of sp³-hybridized carbons (Fsp3) is 0.532. The number of unbranched alkanes of at least 4 members (excludes halogenated alkanes) is 14. The Hall–Kier alpha value is -4.97. The third-order valence-electron chi connectivity index (χ3n) is 10.4. The number of carbonyl (C=O) groups excluding carboxylic acids is 3. The largest absolute Gasteiger partial charge is 0.462 e. The highest BCUT2D eigenvalue weighted by Crippen LogP contribution is 2.13. The van der Waals surface area contributed by atoms with Crippen LogP contribution >= 0.6 is 0 Å². The van der Waals surface area contributed by atoms with Crippen LogP contribution in [0.1, 0.15) is 194 Å². The first-order chi connectivity index (χ1) is 33.5. The third kappa shape index (κ3) is 52.0. The molecule has 0 aromatic heterocycles. The predicted octanol–water partition coefficient (Wildman–Crippen LogP) is 17.8. The van der Waals surface area contributed by atoms with Crippen molar-refractivity contribution in [2.45, 2.75) is 200 Å². The molecule has 0 aliphatic rings. The van der Waals surface area contributed by atoms with E-state index in [2.05, 4.69) is 142 Å². The normalized spacial score (nSPS) is 13.4. The second kappa shape index (κ2) is 54.6. The van der Waals surface area contributed by atoms with Gasteiger partial charge in [0.05, 0.1) is 0 Å². The number of esters is 3. The van der Waals surface area contributed by atoms with Gasteiger partial charge in [0.1, 0.15) is 13.2 Å². The zero-order valence-corrected chi connectivity index (χ0v) is 43.0. The van der Waals surface area contributed by atoms with Crippen LogP contribution in [0.25, 0.3) is 0 Å². The van der Waals surface area contributed by atoms with Gasteiger partial charge >= 0.3 is 17.9 Å². The summed E-state index contributed by atoms with van der Waals surface area (Å²) < 4.78 is 16.7. The van der Waals surface area contributed by atoms with Crippen LogP contribution in [0.3, 0.4) is 0 Å². The van der Waals surface area contributed by atoms with Crippen molar-refractivity contribution in [2.24, 2.45) is 0 Å². The van der Waals surface area contributed by atoms with Crippen LogP contribution in [0.15, 0.2) is 158 Å². The predicted molar refractivity (Wildman–Crippen MR) is 292 cm³/mol. The van der Waals surface area contributed by atoms with Gasteiger partial charge in [0.25, 0.3) is 0 Å². The monoisotopic (exact) mass is 935 g/mol. The Morgan fingerprint density at radius 1 is 0.324 bits per heavy atom. The Morgan fingerprint density at radius 2 is 0.662 bits per heavy atom. The zero-order valence-electron chi connectivity index (χ0n) is 43.0. The lowest BCUT2D eigenvalue weighted by molar-refractivity contribution is -0.167. The van der Waals surface area contributed by atoms with Gasteiger partial charge < -0.3 is 14.2 Å². The van der Waals surface area contributed by atoms with Crippen LogP contribution < -0.4 is 0 Å². The summed E-state index contributed by atoms with van der Waals surface area (Å²) in [5.74, 6) is -1.03. The second-order valence-corrected chi connectivity index (χ2v) is 16.8. The number of allylic oxidation sites excluding steroid dienone is 26. The Bertz CT molecular complexity index is 1590. The second-order valence-electron chi connectivity index (χ2n) is 16.8. The molecule has 0 aromatic rings. The molecule has 378 valence electrons. The summed E-state index contributed by atoms with van der Waals surface area (Å²) in [6.07, 6.45) is 79.4. The van der Waals surface area contributed by atoms with Gasteiger partial charge in [-0.3, -0.25) is 14.4 Å². The molecule has 0 aliphatic carbocycles. The molecule has 0 bridgehead atoms. The minimum atomic E-state index is -0.832. The lowest BCUT2D eigenvalue weighted by atomic mass is 10.1. The summed E-state index contributed by atoms with van der Waals surface area (Å²) >= 11 is 0. The summed E-state index contributed by atoms with van der Waals surface area (Å²) in [6.45, 7) is 6.20. The molecule has 6 nitrogen and oxygen atoms in total. The van der Waals surface area contributed by atoms with E-state index in [4.69, 9.17) is 14.2 Å². The van der Waals surface area contributed by atoms with Crippen molar-refractivity contribution in [3.8, 4) is 0 Å². The van der Waals surface area contributed by atoms with Gasteiger partial charge in [-0.15, -0.1) is 0 Å². The highest BCUT2D eigenvalue weighted by atomic mass is 16.6. The number of hydrogen-bond donors (Lipinski definition) is 0. The van der Waals surface area contributed by atoms with Crippen molar-refractivity contribution in [3.05, 3.63) is 158 Å². The minimum absolute atomic E-state index is 0.123. The molecule has 0 saturated carbocycles. The Morgan fingerprint density at radius 3 is 1.10 bits per heavy atom. The Kier molecular flexibility index (Phi) is 50.6. The Labute approximate surface area is 416 Å². The molecule has 0 radical (unpaired) electrons. The molecule has 6 heteroatoms. The molecule has 0 amide bonds. The van der Waals surface area contributed by atoms with Gasteiger partial charge in [-0.2, -0.15) is 0 Å².